The molecule has 0 fully saturated rings. The second-order valence-electron chi connectivity index (χ2n) is 3.54. The van der Waals surface area contributed by atoms with Crippen molar-refractivity contribution in [3.05, 3.63) is 35.4 Å². The first-order valence-corrected chi connectivity index (χ1v) is 5.17. The molecular formula is C12H17NO2. The molecule has 3 nitrogen and oxygen atoms in total. The quantitative estimate of drug-likeness (QED) is 0.824. The summed E-state index contributed by atoms with van der Waals surface area (Å²) in [4.78, 5) is 12.2. The largest absolute Gasteiger partial charge is 0.465 e. The number of rotatable bonds is 4. The van der Waals surface area contributed by atoms with Crippen LogP contribution >= 0.6 is 0 Å². The molecule has 1 rings (SSSR count). The van der Waals surface area contributed by atoms with Crippen molar-refractivity contribution in [2.24, 2.45) is 0 Å². The Morgan fingerprint density at radius 1 is 1.40 bits per heavy atom. The number of hydrogen-bond acceptors (Lipinski definition) is 1. The molecule has 82 valence electrons. The van der Waals surface area contributed by atoms with Crippen LogP contribution in [0.3, 0.4) is 0 Å². The summed E-state index contributed by atoms with van der Waals surface area (Å²) in [5.41, 5.74) is 2.44. The standard InChI is InChI=1S/C12H17NO2/c1-3-13(12(14)15)9-8-11-7-5-4-6-10(11)2/h4-7H,3,8-9H2,1-2H3,(H,14,15). The maximum atomic E-state index is 10.8. The maximum Gasteiger partial charge on any atom is 0.407 e. The molecule has 0 aliphatic heterocycles. The van der Waals surface area contributed by atoms with E-state index in [4.69, 9.17) is 5.11 Å². The fourth-order valence-corrected chi connectivity index (χ4v) is 1.54. The highest BCUT2D eigenvalue weighted by Gasteiger charge is 2.08. The fraction of sp³-hybridized carbons (Fsp3) is 0.417. The van der Waals surface area contributed by atoms with Gasteiger partial charge in [-0.3, -0.25) is 0 Å². The van der Waals surface area contributed by atoms with Crippen LogP contribution in [0.15, 0.2) is 24.3 Å². The van der Waals surface area contributed by atoms with Gasteiger partial charge in [0.05, 0.1) is 0 Å². The number of benzene rings is 1. The van der Waals surface area contributed by atoms with Crippen LogP contribution in [0.25, 0.3) is 0 Å². The lowest BCUT2D eigenvalue weighted by molar-refractivity contribution is 0.148. The van der Waals surface area contributed by atoms with Gasteiger partial charge in [-0.2, -0.15) is 0 Å². The van der Waals surface area contributed by atoms with Crippen LogP contribution in [-0.2, 0) is 6.42 Å². The van der Waals surface area contributed by atoms with E-state index in [9.17, 15) is 4.79 Å². The summed E-state index contributed by atoms with van der Waals surface area (Å²) < 4.78 is 0. The van der Waals surface area contributed by atoms with E-state index >= 15 is 0 Å². The number of carboxylic acid groups (broad SMARTS) is 1. The summed E-state index contributed by atoms with van der Waals surface area (Å²) in [7, 11) is 0. The lowest BCUT2D eigenvalue weighted by Crippen LogP contribution is -2.31. The van der Waals surface area contributed by atoms with Gasteiger partial charge >= 0.3 is 6.09 Å². The average molecular weight is 207 g/mol. The Morgan fingerprint density at radius 3 is 2.60 bits per heavy atom. The van der Waals surface area contributed by atoms with Crippen LogP contribution in [0.5, 0.6) is 0 Å². The molecule has 0 unspecified atom stereocenters. The second-order valence-corrected chi connectivity index (χ2v) is 3.54. The van der Waals surface area contributed by atoms with E-state index in [1.807, 2.05) is 38.1 Å². The van der Waals surface area contributed by atoms with Gasteiger partial charge in [-0.05, 0) is 31.4 Å². The third kappa shape index (κ3) is 3.27. The molecule has 0 heterocycles. The van der Waals surface area contributed by atoms with Crippen LogP contribution < -0.4 is 0 Å². The normalized spacial score (nSPS) is 10.0. The van der Waals surface area contributed by atoms with Crippen LogP contribution in [0.4, 0.5) is 4.79 Å². The van der Waals surface area contributed by atoms with Crippen molar-refractivity contribution < 1.29 is 9.90 Å². The van der Waals surface area contributed by atoms with E-state index in [2.05, 4.69) is 0 Å². The van der Waals surface area contributed by atoms with Gasteiger partial charge in [-0.15, -0.1) is 0 Å². The van der Waals surface area contributed by atoms with Crippen LogP contribution in [0, 0.1) is 6.92 Å². The van der Waals surface area contributed by atoms with Gasteiger partial charge in [-0.25, -0.2) is 4.79 Å². The highest BCUT2D eigenvalue weighted by atomic mass is 16.4. The molecule has 0 saturated heterocycles. The molecule has 0 saturated carbocycles. The highest BCUT2D eigenvalue weighted by molar-refractivity contribution is 5.64. The molecule has 1 aromatic rings. The van der Waals surface area contributed by atoms with Crippen molar-refractivity contribution >= 4 is 6.09 Å². The molecule has 0 aliphatic carbocycles. The van der Waals surface area contributed by atoms with Gasteiger partial charge in [0.1, 0.15) is 0 Å². The van der Waals surface area contributed by atoms with Crippen LogP contribution in [0.1, 0.15) is 18.1 Å². The lowest BCUT2D eigenvalue weighted by Gasteiger charge is -2.17. The predicted octanol–water partition coefficient (Wildman–Crippen LogP) is 2.54. The van der Waals surface area contributed by atoms with Crippen LogP contribution in [0.2, 0.25) is 0 Å². The first-order valence-electron chi connectivity index (χ1n) is 5.17. The number of carbonyl (C=O) groups is 1. The molecular weight excluding hydrogens is 190 g/mol. The van der Waals surface area contributed by atoms with Gasteiger partial charge in [0.2, 0.25) is 0 Å². The van der Waals surface area contributed by atoms with Gasteiger partial charge < -0.3 is 10.0 Å². The molecule has 0 aliphatic rings. The molecule has 1 aromatic carbocycles. The Morgan fingerprint density at radius 2 is 2.07 bits per heavy atom. The molecule has 3 heteroatoms. The lowest BCUT2D eigenvalue weighted by atomic mass is 10.1. The molecule has 15 heavy (non-hydrogen) atoms. The van der Waals surface area contributed by atoms with E-state index in [1.165, 1.54) is 16.0 Å². The number of aryl methyl sites for hydroxylation is 1. The van der Waals surface area contributed by atoms with Gasteiger partial charge in [0, 0.05) is 13.1 Å². The highest BCUT2D eigenvalue weighted by Crippen LogP contribution is 2.08. The smallest absolute Gasteiger partial charge is 0.407 e. The SMILES string of the molecule is CCN(CCc1ccccc1C)C(=O)O. The Hall–Kier alpha value is -1.51. The van der Waals surface area contributed by atoms with E-state index in [1.54, 1.807) is 0 Å². The summed E-state index contributed by atoms with van der Waals surface area (Å²) in [6.45, 7) is 5.01. The summed E-state index contributed by atoms with van der Waals surface area (Å²) in [5, 5.41) is 8.85. The Bertz CT molecular complexity index is 336. The third-order valence-electron chi connectivity index (χ3n) is 2.56. The predicted molar refractivity (Wildman–Crippen MR) is 60.2 cm³/mol. The van der Waals surface area contributed by atoms with Gasteiger partial charge in [0.25, 0.3) is 0 Å². The average Bonchev–Trinajstić information content (AvgIpc) is 2.21. The minimum Gasteiger partial charge on any atom is -0.465 e. The second kappa shape index (κ2) is 5.39. The summed E-state index contributed by atoms with van der Waals surface area (Å²) in [6.07, 6.45) is -0.0571. The van der Waals surface area contributed by atoms with Crippen molar-refractivity contribution in [1.82, 2.24) is 4.90 Å². The monoisotopic (exact) mass is 207 g/mol. The number of amides is 1. The fourth-order valence-electron chi connectivity index (χ4n) is 1.54. The van der Waals surface area contributed by atoms with Crippen molar-refractivity contribution in [3.63, 3.8) is 0 Å². The van der Waals surface area contributed by atoms with Crippen molar-refractivity contribution in [3.8, 4) is 0 Å². The summed E-state index contributed by atoms with van der Waals surface area (Å²) in [5.74, 6) is 0. The third-order valence-corrected chi connectivity index (χ3v) is 2.56. The van der Waals surface area contributed by atoms with Gasteiger partial charge in [0.15, 0.2) is 0 Å². The maximum absolute atomic E-state index is 10.8. The zero-order valence-corrected chi connectivity index (χ0v) is 9.23. The van der Waals surface area contributed by atoms with Crippen molar-refractivity contribution in [2.75, 3.05) is 13.1 Å². The minimum atomic E-state index is -0.842. The Labute approximate surface area is 90.3 Å². The molecule has 1 amide bonds. The molecule has 0 spiro atoms. The zero-order valence-electron chi connectivity index (χ0n) is 9.23. The molecule has 1 N–H and O–H groups in total. The molecule has 0 aromatic heterocycles. The Kier molecular flexibility index (Phi) is 4.16. The number of hydrogen-bond donors (Lipinski definition) is 1. The number of nitrogens with zero attached hydrogens (tertiary/aromatic N) is 1. The number of likely N-dealkylation sites (N-methyl/N-ethyl adjacent to an activating group) is 1. The van der Waals surface area contributed by atoms with Gasteiger partial charge in [-0.1, -0.05) is 24.3 Å². The topological polar surface area (TPSA) is 40.5 Å². The molecule has 0 atom stereocenters. The minimum absolute atomic E-state index is 0.543. The first-order chi connectivity index (χ1) is 7.15. The van der Waals surface area contributed by atoms with E-state index < -0.39 is 6.09 Å². The molecule has 0 bridgehead atoms. The molecule has 0 radical (unpaired) electrons. The van der Waals surface area contributed by atoms with Crippen LogP contribution in [-0.4, -0.2) is 29.2 Å². The first kappa shape index (κ1) is 11.6. The Balaban J connectivity index is 2.56. The van der Waals surface area contributed by atoms with Crippen molar-refractivity contribution in [1.29, 1.82) is 0 Å². The van der Waals surface area contributed by atoms with E-state index in [0.717, 1.165) is 6.42 Å². The van der Waals surface area contributed by atoms with E-state index in [0.29, 0.717) is 13.1 Å². The summed E-state index contributed by atoms with van der Waals surface area (Å²) >= 11 is 0. The van der Waals surface area contributed by atoms with E-state index in [-0.39, 0.29) is 0 Å². The zero-order chi connectivity index (χ0) is 11.3. The van der Waals surface area contributed by atoms with Crippen molar-refractivity contribution in [2.45, 2.75) is 20.3 Å². The summed E-state index contributed by atoms with van der Waals surface area (Å²) in [6, 6.07) is 8.07.